The minimum Gasteiger partial charge on any atom is -0.253 e. The summed E-state index contributed by atoms with van der Waals surface area (Å²) >= 11 is 0. The van der Waals surface area contributed by atoms with Crippen molar-refractivity contribution in [3.05, 3.63) is 145 Å². The third-order valence-electron chi connectivity index (χ3n) is 6.37. The number of pyridine rings is 1. The lowest BCUT2D eigenvalue weighted by molar-refractivity contribution is 1.30. The highest BCUT2D eigenvalue weighted by atomic mass is 14.8. The van der Waals surface area contributed by atoms with Gasteiger partial charge in [0.15, 0.2) is 0 Å². The van der Waals surface area contributed by atoms with Gasteiger partial charge in [-0.25, -0.2) is 4.98 Å². The number of hydrogen-bond acceptors (Lipinski definition) is 2. The molecule has 0 radical (unpaired) electrons. The van der Waals surface area contributed by atoms with Crippen molar-refractivity contribution < 1.29 is 0 Å². The van der Waals surface area contributed by atoms with Crippen LogP contribution in [0.2, 0.25) is 0 Å². The SMILES string of the molecule is C(=Nc1c(-c2ccccc2)cccc1-c1ccccc1)c1cccc(-c2cccc3ccccc23)n1. The van der Waals surface area contributed by atoms with E-state index in [0.717, 1.165) is 44.9 Å². The van der Waals surface area contributed by atoms with Crippen LogP contribution in [0.1, 0.15) is 5.69 Å². The van der Waals surface area contributed by atoms with Crippen LogP contribution in [0.25, 0.3) is 44.3 Å². The van der Waals surface area contributed by atoms with Gasteiger partial charge in [-0.1, -0.05) is 127 Å². The van der Waals surface area contributed by atoms with Crippen molar-refractivity contribution in [2.45, 2.75) is 0 Å². The van der Waals surface area contributed by atoms with Crippen molar-refractivity contribution in [1.82, 2.24) is 4.98 Å². The molecule has 0 saturated heterocycles. The normalized spacial score (nSPS) is 11.2. The Hall–Kier alpha value is -4.82. The number of fused-ring (bicyclic) bond motifs is 1. The van der Waals surface area contributed by atoms with E-state index in [2.05, 4.69) is 115 Å². The van der Waals surface area contributed by atoms with Crippen LogP contribution < -0.4 is 0 Å². The molecule has 0 unspecified atom stereocenters. The topological polar surface area (TPSA) is 25.2 Å². The van der Waals surface area contributed by atoms with Crippen LogP contribution in [0, 0.1) is 0 Å². The third-order valence-corrected chi connectivity index (χ3v) is 6.37. The molecule has 0 N–H and O–H groups in total. The Morgan fingerprint density at radius 1 is 0.472 bits per heavy atom. The largest absolute Gasteiger partial charge is 0.253 e. The van der Waals surface area contributed by atoms with Gasteiger partial charge in [0.25, 0.3) is 0 Å². The summed E-state index contributed by atoms with van der Waals surface area (Å²) < 4.78 is 0. The van der Waals surface area contributed by atoms with Gasteiger partial charge < -0.3 is 0 Å². The van der Waals surface area contributed by atoms with Crippen LogP contribution in [0.15, 0.2) is 145 Å². The van der Waals surface area contributed by atoms with Crippen LogP contribution in [-0.4, -0.2) is 11.2 Å². The zero-order valence-corrected chi connectivity index (χ0v) is 19.8. The number of aliphatic imine (C=N–C) groups is 1. The highest BCUT2D eigenvalue weighted by Gasteiger charge is 2.11. The molecule has 6 aromatic rings. The van der Waals surface area contributed by atoms with Gasteiger partial charge in [0.05, 0.1) is 23.3 Å². The zero-order chi connectivity index (χ0) is 24.2. The van der Waals surface area contributed by atoms with E-state index in [1.807, 2.05) is 30.5 Å². The van der Waals surface area contributed by atoms with E-state index in [-0.39, 0.29) is 0 Å². The van der Waals surface area contributed by atoms with E-state index < -0.39 is 0 Å². The van der Waals surface area contributed by atoms with Crippen molar-refractivity contribution in [2.75, 3.05) is 0 Å². The van der Waals surface area contributed by atoms with Gasteiger partial charge in [-0.15, -0.1) is 0 Å². The Morgan fingerprint density at radius 3 is 1.75 bits per heavy atom. The summed E-state index contributed by atoms with van der Waals surface area (Å²) in [5.74, 6) is 0. The zero-order valence-electron chi connectivity index (χ0n) is 19.8. The van der Waals surface area contributed by atoms with Crippen molar-refractivity contribution in [2.24, 2.45) is 4.99 Å². The summed E-state index contributed by atoms with van der Waals surface area (Å²) in [5, 5.41) is 2.41. The summed E-state index contributed by atoms with van der Waals surface area (Å²) in [7, 11) is 0. The lowest BCUT2D eigenvalue weighted by atomic mass is 9.96. The second-order valence-corrected chi connectivity index (χ2v) is 8.67. The third kappa shape index (κ3) is 4.33. The van der Waals surface area contributed by atoms with Crippen LogP contribution in [0.3, 0.4) is 0 Å². The molecule has 0 saturated carbocycles. The summed E-state index contributed by atoms with van der Waals surface area (Å²) in [5.41, 5.74) is 8.29. The molecule has 2 nitrogen and oxygen atoms in total. The first kappa shape index (κ1) is 21.7. The van der Waals surface area contributed by atoms with Crippen molar-refractivity contribution in [3.63, 3.8) is 0 Å². The smallest absolute Gasteiger partial charge is 0.0820 e. The van der Waals surface area contributed by atoms with E-state index in [1.165, 1.54) is 10.8 Å². The molecule has 0 amide bonds. The molecule has 1 heterocycles. The Bertz CT molecular complexity index is 1610. The lowest BCUT2D eigenvalue weighted by Gasteiger charge is -2.12. The van der Waals surface area contributed by atoms with E-state index >= 15 is 0 Å². The second kappa shape index (κ2) is 9.81. The molecule has 0 aliphatic carbocycles. The molecule has 0 bridgehead atoms. The fourth-order valence-corrected chi connectivity index (χ4v) is 4.64. The molecule has 5 aromatic carbocycles. The highest BCUT2D eigenvalue weighted by Crippen LogP contribution is 2.39. The average molecular weight is 461 g/mol. The van der Waals surface area contributed by atoms with E-state index in [0.29, 0.717) is 0 Å². The monoisotopic (exact) mass is 460 g/mol. The van der Waals surface area contributed by atoms with Gasteiger partial charge in [0, 0.05) is 16.7 Å². The number of rotatable bonds is 5. The van der Waals surface area contributed by atoms with Gasteiger partial charge in [-0.2, -0.15) is 0 Å². The molecular weight excluding hydrogens is 436 g/mol. The molecule has 6 rings (SSSR count). The standard InChI is InChI=1S/C34H24N2/c1-3-12-26(13-4-1)30-20-11-21-31(27-14-5-2-6-15-27)34(30)35-24-28-18-10-23-33(36-28)32-22-9-17-25-16-7-8-19-29(25)32/h1-24H. The predicted molar refractivity (Wildman–Crippen MR) is 152 cm³/mol. The van der Waals surface area contributed by atoms with E-state index in [4.69, 9.17) is 9.98 Å². The van der Waals surface area contributed by atoms with Crippen molar-refractivity contribution >= 4 is 22.7 Å². The van der Waals surface area contributed by atoms with Crippen LogP contribution >= 0.6 is 0 Å². The molecule has 1 aromatic heterocycles. The predicted octanol–water partition coefficient (Wildman–Crippen LogP) is 8.99. The van der Waals surface area contributed by atoms with Crippen LogP contribution in [0.4, 0.5) is 5.69 Å². The Morgan fingerprint density at radius 2 is 1.03 bits per heavy atom. The molecule has 0 aliphatic rings. The van der Waals surface area contributed by atoms with Gasteiger partial charge >= 0.3 is 0 Å². The minimum atomic E-state index is 0.822. The number of benzene rings is 5. The number of nitrogens with zero attached hydrogens (tertiary/aromatic N) is 2. The van der Waals surface area contributed by atoms with E-state index in [9.17, 15) is 0 Å². The molecule has 170 valence electrons. The second-order valence-electron chi connectivity index (χ2n) is 8.67. The fourth-order valence-electron chi connectivity index (χ4n) is 4.64. The first-order valence-electron chi connectivity index (χ1n) is 12.1. The maximum atomic E-state index is 5.04. The van der Waals surface area contributed by atoms with Gasteiger partial charge in [0.2, 0.25) is 0 Å². The molecule has 0 spiro atoms. The Kier molecular flexibility index (Phi) is 5.91. The molecule has 0 aliphatic heterocycles. The maximum Gasteiger partial charge on any atom is 0.0820 e. The highest BCUT2D eigenvalue weighted by molar-refractivity contribution is 5.97. The molecule has 0 atom stereocenters. The van der Waals surface area contributed by atoms with Gasteiger partial charge in [-0.3, -0.25) is 4.99 Å². The number of hydrogen-bond donors (Lipinski definition) is 0. The van der Waals surface area contributed by atoms with Gasteiger partial charge in [-0.05, 0) is 34.0 Å². The first-order chi connectivity index (χ1) is 17.9. The maximum absolute atomic E-state index is 5.04. The minimum absolute atomic E-state index is 0.822. The Labute approximate surface area is 211 Å². The average Bonchev–Trinajstić information content (AvgIpc) is 2.96. The summed E-state index contributed by atoms with van der Waals surface area (Å²) in [6.07, 6.45) is 1.88. The van der Waals surface area contributed by atoms with E-state index in [1.54, 1.807) is 0 Å². The molecule has 0 fully saturated rings. The number of aromatic nitrogens is 1. The van der Waals surface area contributed by atoms with Crippen LogP contribution in [-0.2, 0) is 0 Å². The quantitative estimate of drug-likeness (QED) is 0.236. The molecule has 2 heteroatoms. The summed E-state index contributed by atoms with van der Waals surface area (Å²) in [4.78, 5) is 10.0. The summed E-state index contributed by atoms with van der Waals surface area (Å²) in [6, 6.07) is 48.1. The molecule has 36 heavy (non-hydrogen) atoms. The number of para-hydroxylation sites is 1. The molecular formula is C34H24N2. The first-order valence-corrected chi connectivity index (χ1v) is 12.1. The Balaban J connectivity index is 1.45. The fraction of sp³-hybridized carbons (Fsp3) is 0. The van der Waals surface area contributed by atoms with Crippen LogP contribution in [0.5, 0.6) is 0 Å². The van der Waals surface area contributed by atoms with Crippen molar-refractivity contribution in [1.29, 1.82) is 0 Å². The van der Waals surface area contributed by atoms with Gasteiger partial charge in [0.1, 0.15) is 0 Å². The summed E-state index contributed by atoms with van der Waals surface area (Å²) in [6.45, 7) is 0. The van der Waals surface area contributed by atoms with Crippen molar-refractivity contribution in [3.8, 4) is 33.5 Å². The lowest BCUT2D eigenvalue weighted by Crippen LogP contribution is -1.92.